The molecule has 3 nitrogen and oxygen atoms in total. The Labute approximate surface area is 120 Å². The van der Waals surface area contributed by atoms with Crippen LogP contribution in [-0.4, -0.2) is 23.1 Å². The number of ketones is 1. The molecule has 2 rings (SSSR count). The molecule has 1 aliphatic rings. The van der Waals surface area contributed by atoms with Crippen molar-refractivity contribution in [3.8, 4) is 0 Å². The smallest absolute Gasteiger partial charge is 0.226 e. The molecule has 0 spiro atoms. The highest BCUT2D eigenvalue weighted by Gasteiger charge is 2.21. The molecular weight excluding hydrogens is 250 g/mol. The van der Waals surface area contributed by atoms with Crippen LogP contribution in [0.15, 0.2) is 36.5 Å². The molecule has 0 aromatic heterocycles. The number of unbranched alkanes of at least 4 members (excludes halogenated alkanes) is 1. The van der Waals surface area contributed by atoms with E-state index in [0.717, 1.165) is 31.4 Å². The Bertz CT molecular complexity index is 505. The van der Waals surface area contributed by atoms with Gasteiger partial charge >= 0.3 is 0 Å². The molecule has 0 aliphatic carbocycles. The van der Waals surface area contributed by atoms with Gasteiger partial charge in [-0.2, -0.15) is 0 Å². The predicted molar refractivity (Wildman–Crippen MR) is 79.9 cm³/mol. The van der Waals surface area contributed by atoms with Crippen LogP contribution < -0.4 is 0 Å². The van der Waals surface area contributed by atoms with Gasteiger partial charge in [0.05, 0.1) is 0 Å². The minimum Gasteiger partial charge on any atom is -0.318 e. The van der Waals surface area contributed by atoms with Gasteiger partial charge in [0.25, 0.3) is 0 Å². The summed E-state index contributed by atoms with van der Waals surface area (Å²) in [6.45, 7) is 2.79. The Morgan fingerprint density at radius 1 is 1.30 bits per heavy atom. The second kappa shape index (κ2) is 7.04. The number of likely N-dealkylation sites (tertiary alicyclic amines) is 1. The van der Waals surface area contributed by atoms with Gasteiger partial charge < -0.3 is 4.90 Å². The summed E-state index contributed by atoms with van der Waals surface area (Å²) in [7, 11) is 0. The summed E-state index contributed by atoms with van der Waals surface area (Å²) in [6, 6.07) is 9.62. The lowest BCUT2D eigenvalue weighted by atomic mass is 9.99. The maximum atomic E-state index is 12.4. The third-order valence-electron chi connectivity index (χ3n) is 3.54. The van der Waals surface area contributed by atoms with Gasteiger partial charge in [-0.1, -0.05) is 43.7 Å². The highest BCUT2D eigenvalue weighted by molar-refractivity contribution is 6.20. The maximum Gasteiger partial charge on any atom is 0.226 e. The lowest BCUT2D eigenvalue weighted by Crippen LogP contribution is -2.19. The second-order valence-electron chi connectivity index (χ2n) is 5.13. The van der Waals surface area contributed by atoms with E-state index in [4.69, 9.17) is 0 Å². The number of nitrogens with zero attached hydrogens (tertiary/aromatic N) is 1. The standard InChI is InChI=1S/C17H21NO2/c1-2-3-10-16(19)15(14-8-5-4-6-9-14)13-18-12-7-11-17(18)20/h4-6,8-9,13H,2-3,7,10-12H2,1H3/b15-13+. The zero-order chi connectivity index (χ0) is 14.4. The lowest BCUT2D eigenvalue weighted by molar-refractivity contribution is -0.125. The Morgan fingerprint density at radius 2 is 2.05 bits per heavy atom. The molecule has 0 atom stereocenters. The van der Waals surface area contributed by atoms with Crippen LogP contribution in [-0.2, 0) is 9.59 Å². The van der Waals surface area contributed by atoms with Gasteiger partial charge in [0.2, 0.25) is 5.91 Å². The van der Waals surface area contributed by atoms with Crippen LogP contribution in [0.1, 0.15) is 44.6 Å². The first-order valence-corrected chi connectivity index (χ1v) is 7.32. The van der Waals surface area contributed by atoms with Gasteiger partial charge in [-0.25, -0.2) is 0 Å². The first kappa shape index (κ1) is 14.5. The van der Waals surface area contributed by atoms with Crippen molar-refractivity contribution in [2.24, 2.45) is 0 Å². The second-order valence-corrected chi connectivity index (χ2v) is 5.13. The molecule has 0 N–H and O–H groups in total. The molecule has 3 heteroatoms. The Morgan fingerprint density at radius 3 is 2.65 bits per heavy atom. The molecule has 1 aromatic carbocycles. The third-order valence-corrected chi connectivity index (χ3v) is 3.54. The van der Waals surface area contributed by atoms with Crippen LogP contribution in [0.25, 0.3) is 5.57 Å². The van der Waals surface area contributed by atoms with Crippen LogP contribution in [0.5, 0.6) is 0 Å². The van der Waals surface area contributed by atoms with E-state index >= 15 is 0 Å². The number of amides is 1. The van der Waals surface area contributed by atoms with E-state index in [-0.39, 0.29) is 11.7 Å². The van der Waals surface area contributed by atoms with Gasteiger partial charge in [0.15, 0.2) is 5.78 Å². The van der Waals surface area contributed by atoms with Crippen molar-refractivity contribution in [1.82, 2.24) is 4.90 Å². The van der Waals surface area contributed by atoms with Gasteiger partial charge in [-0.3, -0.25) is 9.59 Å². The molecule has 1 heterocycles. The summed E-state index contributed by atoms with van der Waals surface area (Å²) in [5, 5.41) is 0. The van der Waals surface area contributed by atoms with Crippen molar-refractivity contribution in [3.63, 3.8) is 0 Å². The highest BCUT2D eigenvalue weighted by Crippen LogP contribution is 2.21. The molecule has 1 fully saturated rings. The van der Waals surface area contributed by atoms with E-state index in [1.54, 1.807) is 11.1 Å². The van der Waals surface area contributed by atoms with Crippen LogP contribution in [0.2, 0.25) is 0 Å². The maximum absolute atomic E-state index is 12.4. The Balaban J connectivity index is 2.26. The van der Waals surface area contributed by atoms with E-state index < -0.39 is 0 Å². The average molecular weight is 271 g/mol. The van der Waals surface area contributed by atoms with E-state index in [9.17, 15) is 9.59 Å². The third kappa shape index (κ3) is 3.56. The van der Waals surface area contributed by atoms with Gasteiger partial charge in [0.1, 0.15) is 0 Å². The summed E-state index contributed by atoms with van der Waals surface area (Å²) in [6.07, 6.45) is 5.64. The number of benzene rings is 1. The van der Waals surface area contributed by atoms with Crippen molar-refractivity contribution < 1.29 is 9.59 Å². The number of allylic oxidation sites excluding steroid dienone is 1. The molecule has 1 aromatic rings. The summed E-state index contributed by atoms with van der Waals surface area (Å²) in [5.41, 5.74) is 1.56. The first-order chi connectivity index (χ1) is 9.72. The van der Waals surface area contributed by atoms with E-state index in [1.807, 2.05) is 30.3 Å². The molecule has 0 unspecified atom stereocenters. The number of hydrogen-bond donors (Lipinski definition) is 0. The molecule has 20 heavy (non-hydrogen) atoms. The van der Waals surface area contributed by atoms with E-state index in [2.05, 4.69) is 6.92 Å². The molecule has 0 saturated carbocycles. The van der Waals surface area contributed by atoms with Crippen LogP contribution >= 0.6 is 0 Å². The van der Waals surface area contributed by atoms with Crippen LogP contribution in [0.3, 0.4) is 0 Å². The van der Waals surface area contributed by atoms with Crippen LogP contribution in [0.4, 0.5) is 0 Å². The van der Waals surface area contributed by atoms with Crippen molar-refractivity contribution in [1.29, 1.82) is 0 Å². The minimum absolute atomic E-state index is 0.113. The SMILES string of the molecule is CCCCC(=O)/C(=C/N1CCCC1=O)c1ccccc1. The number of carbonyl (C=O) groups is 2. The monoisotopic (exact) mass is 271 g/mol. The molecule has 1 amide bonds. The molecule has 1 aliphatic heterocycles. The Kier molecular flexibility index (Phi) is 5.10. The topological polar surface area (TPSA) is 37.4 Å². The van der Waals surface area contributed by atoms with Crippen molar-refractivity contribution in [2.45, 2.75) is 39.0 Å². The number of hydrogen-bond acceptors (Lipinski definition) is 2. The minimum atomic E-state index is 0.113. The fourth-order valence-corrected chi connectivity index (χ4v) is 2.36. The molecule has 1 saturated heterocycles. The number of Topliss-reactive ketones (excluding diaryl/α,β-unsaturated/α-hetero) is 1. The average Bonchev–Trinajstić information content (AvgIpc) is 2.88. The van der Waals surface area contributed by atoms with Gasteiger partial charge in [0, 0.05) is 31.2 Å². The zero-order valence-electron chi connectivity index (χ0n) is 12.0. The highest BCUT2D eigenvalue weighted by atomic mass is 16.2. The van der Waals surface area contributed by atoms with Crippen LogP contribution in [0, 0.1) is 0 Å². The predicted octanol–water partition coefficient (Wildman–Crippen LogP) is 3.41. The largest absolute Gasteiger partial charge is 0.318 e. The zero-order valence-corrected chi connectivity index (χ0v) is 12.0. The quantitative estimate of drug-likeness (QED) is 0.743. The fourth-order valence-electron chi connectivity index (χ4n) is 2.36. The molecule has 0 radical (unpaired) electrons. The summed E-state index contributed by atoms with van der Waals surface area (Å²) in [5.74, 6) is 0.236. The summed E-state index contributed by atoms with van der Waals surface area (Å²) < 4.78 is 0. The number of carbonyl (C=O) groups excluding carboxylic acids is 2. The van der Waals surface area contributed by atoms with Crippen molar-refractivity contribution in [3.05, 3.63) is 42.1 Å². The molecule has 106 valence electrons. The fraction of sp³-hybridized carbons (Fsp3) is 0.412. The molecular formula is C17H21NO2. The summed E-state index contributed by atoms with van der Waals surface area (Å²) in [4.78, 5) is 25.8. The first-order valence-electron chi connectivity index (χ1n) is 7.32. The summed E-state index contributed by atoms with van der Waals surface area (Å²) >= 11 is 0. The molecule has 0 bridgehead atoms. The van der Waals surface area contributed by atoms with Gasteiger partial charge in [-0.05, 0) is 18.4 Å². The number of rotatable bonds is 6. The van der Waals surface area contributed by atoms with Crippen molar-refractivity contribution in [2.75, 3.05) is 6.54 Å². The van der Waals surface area contributed by atoms with Crippen molar-refractivity contribution >= 4 is 17.3 Å². The Hall–Kier alpha value is -1.90. The normalized spacial score (nSPS) is 15.8. The lowest BCUT2D eigenvalue weighted by Gasteiger charge is -2.14. The van der Waals surface area contributed by atoms with E-state index in [0.29, 0.717) is 18.4 Å². The van der Waals surface area contributed by atoms with E-state index in [1.165, 1.54) is 0 Å². The van der Waals surface area contributed by atoms with Gasteiger partial charge in [-0.15, -0.1) is 0 Å².